The second-order valence-electron chi connectivity index (χ2n) is 7.10. The molecule has 3 rings (SSSR count). The third-order valence-electron chi connectivity index (χ3n) is 4.78. The lowest BCUT2D eigenvalue weighted by Crippen LogP contribution is -2.38. The van der Waals surface area contributed by atoms with Crippen LogP contribution in [0.2, 0.25) is 0 Å². The molecule has 0 radical (unpaired) electrons. The molecule has 1 unspecified atom stereocenters. The van der Waals surface area contributed by atoms with Gasteiger partial charge in [-0.1, -0.05) is 12.1 Å². The molecule has 27 heavy (non-hydrogen) atoms. The lowest BCUT2D eigenvalue weighted by molar-refractivity contribution is 0.683. The molecule has 1 aromatic carbocycles. The number of nitrogens with zero attached hydrogens (tertiary/aromatic N) is 4. The third kappa shape index (κ3) is 5.13. The molecule has 1 fully saturated rings. The van der Waals surface area contributed by atoms with Crippen LogP contribution < -0.4 is 20.4 Å². The molecule has 7 heteroatoms. The molecule has 2 N–H and O–H groups in total. The molecule has 0 spiro atoms. The van der Waals surface area contributed by atoms with E-state index in [2.05, 4.69) is 62.1 Å². The van der Waals surface area contributed by atoms with Gasteiger partial charge in [0.1, 0.15) is 0 Å². The molecule has 0 bridgehead atoms. The Hall–Kier alpha value is -2.28. The first-order chi connectivity index (χ1) is 13.1. The van der Waals surface area contributed by atoms with Gasteiger partial charge in [0.2, 0.25) is 0 Å². The Bertz CT molecular complexity index is 763. The maximum atomic E-state index is 4.60. The van der Waals surface area contributed by atoms with E-state index in [0.29, 0.717) is 6.54 Å². The number of nitrogens with one attached hydrogen (secondary N) is 2. The predicted molar refractivity (Wildman–Crippen MR) is 116 cm³/mol. The van der Waals surface area contributed by atoms with Gasteiger partial charge in [0, 0.05) is 45.3 Å². The maximum Gasteiger partial charge on any atom is 0.191 e. The van der Waals surface area contributed by atoms with Crippen molar-refractivity contribution in [3.8, 4) is 0 Å². The van der Waals surface area contributed by atoms with Crippen molar-refractivity contribution in [3.63, 3.8) is 0 Å². The highest BCUT2D eigenvalue weighted by Gasteiger charge is 2.14. The second kappa shape index (κ2) is 9.08. The number of guanidine groups is 1. The minimum Gasteiger partial charge on any atom is -0.372 e. The highest BCUT2D eigenvalue weighted by atomic mass is 32.1. The van der Waals surface area contributed by atoms with Crippen LogP contribution >= 0.6 is 11.3 Å². The summed E-state index contributed by atoms with van der Waals surface area (Å²) in [5.41, 5.74) is 3.61. The van der Waals surface area contributed by atoms with Crippen LogP contribution in [0, 0.1) is 0 Å². The molecule has 0 saturated carbocycles. The maximum absolute atomic E-state index is 4.60. The van der Waals surface area contributed by atoms with Crippen molar-refractivity contribution in [2.24, 2.45) is 4.99 Å². The van der Waals surface area contributed by atoms with Crippen LogP contribution in [0.25, 0.3) is 0 Å². The van der Waals surface area contributed by atoms with Crippen molar-refractivity contribution in [2.45, 2.75) is 32.4 Å². The Morgan fingerprint density at radius 2 is 2.11 bits per heavy atom. The molecule has 1 aromatic heterocycles. The smallest absolute Gasteiger partial charge is 0.191 e. The summed E-state index contributed by atoms with van der Waals surface area (Å²) in [5.74, 6) is 0.786. The minimum absolute atomic E-state index is 0.173. The lowest BCUT2D eigenvalue weighted by Gasteiger charge is -2.22. The first-order valence-corrected chi connectivity index (χ1v) is 10.4. The summed E-state index contributed by atoms with van der Waals surface area (Å²) in [4.78, 5) is 13.5. The number of aromatic nitrogens is 1. The molecule has 0 amide bonds. The van der Waals surface area contributed by atoms with Gasteiger partial charge in [0.25, 0.3) is 0 Å². The fourth-order valence-corrected chi connectivity index (χ4v) is 3.96. The molecular weight excluding hydrogens is 356 g/mol. The van der Waals surface area contributed by atoms with Gasteiger partial charge in [-0.2, -0.15) is 0 Å². The molecule has 2 heterocycles. The van der Waals surface area contributed by atoms with Gasteiger partial charge >= 0.3 is 0 Å². The molecule has 1 atom stereocenters. The van der Waals surface area contributed by atoms with Crippen LogP contribution in [0.5, 0.6) is 0 Å². The summed E-state index contributed by atoms with van der Waals surface area (Å²) in [6, 6.07) is 9.00. The van der Waals surface area contributed by atoms with E-state index in [-0.39, 0.29) is 6.04 Å². The number of anilines is 2. The Morgan fingerprint density at radius 3 is 2.78 bits per heavy atom. The van der Waals surface area contributed by atoms with Gasteiger partial charge in [-0.3, -0.25) is 4.99 Å². The summed E-state index contributed by atoms with van der Waals surface area (Å²) in [6.07, 6.45) is 2.58. The molecule has 6 nitrogen and oxygen atoms in total. The highest BCUT2D eigenvalue weighted by molar-refractivity contribution is 7.13. The normalized spacial score (nSPS) is 15.7. The van der Waals surface area contributed by atoms with E-state index in [1.54, 1.807) is 18.4 Å². The van der Waals surface area contributed by atoms with Gasteiger partial charge in [-0.05, 0) is 37.5 Å². The van der Waals surface area contributed by atoms with Gasteiger partial charge in [0.05, 0.1) is 18.3 Å². The highest BCUT2D eigenvalue weighted by Crippen LogP contribution is 2.24. The van der Waals surface area contributed by atoms with E-state index >= 15 is 0 Å². The van der Waals surface area contributed by atoms with E-state index in [0.717, 1.165) is 29.9 Å². The summed E-state index contributed by atoms with van der Waals surface area (Å²) in [7, 11) is 5.82. The van der Waals surface area contributed by atoms with E-state index in [1.165, 1.54) is 24.1 Å². The molecule has 1 saturated heterocycles. The zero-order chi connectivity index (χ0) is 19.2. The Labute approximate surface area is 166 Å². The number of thiazole rings is 1. The van der Waals surface area contributed by atoms with Gasteiger partial charge in [0.15, 0.2) is 11.1 Å². The van der Waals surface area contributed by atoms with Crippen molar-refractivity contribution in [1.29, 1.82) is 0 Å². The fourth-order valence-electron chi connectivity index (χ4n) is 3.21. The van der Waals surface area contributed by atoms with E-state index in [4.69, 9.17) is 0 Å². The molecular formula is C20H30N6S. The average Bonchev–Trinajstić information content (AvgIpc) is 3.37. The summed E-state index contributed by atoms with van der Waals surface area (Å²) in [5, 5.41) is 9.95. The summed E-state index contributed by atoms with van der Waals surface area (Å²) in [6.45, 7) is 5.15. The van der Waals surface area contributed by atoms with E-state index < -0.39 is 0 Å². The standard InChI is InChI=1S/C20H30N6S/c1-15(16-8-7-9-18(12-16)26-10-5-6-11-26)23-19(21-2)22-13-17-14-27-20(24-17)25(3)4/h7-9,12,14-15H,5-6,10-11,13H2,1-4H3,(H2,21,22,23). The van der Waals surface area contributed by atoms with E-state index in [1.807, 2.05) is 19.0 Å². The van der Waals surface area contributed by atoms with Crippen LogP contribution in [0.15, 0.2) is 34.6 Å². The monoisotopic (exact) mass is 386 g/mol. The largest absolute Gasteiger partial charge is 0.372 e. The minimum atomic E-state index is 0.173. The zero-order valence-electron chi connectivity index (χ0n) is 16.7. The van der Waals surface area contributed by atoms with Crippen molar-refractivity contribution in [2.75, 3.05) is 44.0 Å². The molecule has 1 aliphatic rings. The Morgan fingerprint density at radius 1 is 1.33 bits per heavy atom. The number of aliphatic imine (C=N–C) groups is 1. The number of hydrogen-bond donors (Lipinski definition) is 2. The first kappa shape index (κ1) is 19.5. The predicted octanol–water partition coefficient (Wildman–Crippen LogP) is 3.24. The Balaban J connectivity index is 1.58. The topological polar surface area (TPSA) is 55.8 Å². The molecule has 146 valence electrons. The molecule has 0 aliphatic carbocycles. The van der Waals surface area contributed by atoms with Crippen LogP contribution in [-0.2, 0) is 6.54 Å². The quantitative estimate of drug-likeness (QED) is 0.590. The van der Waals surface area contributed by atoms with Gasteiger partial charge in [-0.25, -0.2) is 4.98 Å². The average molecular weight is 387 g/mol. The third-order valence-corrected chi connectivity index (χ3v) is 5.83. The van der Waals surface area contributed by atoms with Crippen molar-refractivity contribution >= 4 is 28.1 Å². The van der Waals surface area contributed by atoms with Crippen LogP contribution in [0.3, 0.4) is 0 Å². The van der Waals surface area contributed by atoms with Crippen LogP contribution in [0.4, 0.5) is 10.8 Å². The van der Waals surface area contributed by atoms with Crippen molar-refractivity contribution in [3.05, 3.63) is 40.9 Å². The van der Waals surface area contributed by atoms with E-state index in [9.17, 15) is 0 Å². The lowest BCUT2D eigenvalue weighted by atomic mass is 10.1. The second-order valence-corrected chi connectivity index (χ2v) is 7.93. The number of rotatable bonds is 6. The van der Waals surface area contributed by atoms with Gasteiger partial charge < -0.3 is 20.4 Å². The van der Waals surface area contributed by atoms with Gasteiger partial charge in [-0.15, -0.1) is 11.3 Å². The van der Waals surface area contributed by atoms with Crippen molar-refractivity contribution in [1.82, 2.24) is 15.6 Å². The SMILES string of the molecule is CN=C(NCc1csc(N(C)C)n1)NC(C)c1cccc(N2CCCC2)c1. The fraction of sp³-hybridized carbons (Fsp3) is 0.500. The summed E-state index contributed by atoms with van der Waals surface area (Å²) >= 11 is 1.65. The Kier molecular flexibility index (Phi) is 6.55. The first-order valence-electron chi connectivity index (χ1n) is 9.50. The van der Waals surface area contributed by atoms with Crippen LogP contribution in [0.1, 0.15) is 37.1 Å². The summed E-state index contributed by atoms with van der Waals surface area (Å²) < 4.78 is 0. The zero-order valence-corrected chi connectivity index (χ0v) is 17.5. The van der Waals surface area contributed by atoms with Crippen LogP contribution in [-0.4, -0.2) is 45.2 Å². The molecule has 2 aromatic rings. The number of benzene rings is 1. The molecule has 1 aliphatic heterocycles. The van der Waals surface area contributed by atoms with Crippen molar-refractivity contribution < 1.29 is 0 Å². The number of hydrogen-bond acceptors (Lipinski definition) is 5.